The van der Waals surface area contributed by atoms with Crippen molar-refractivity contribution in [3.8, 4) is 34.0 Å². The van der Waals surface area contributed by atoms with Crippen molar-refractivity contribution >= 4 is 34.2 Å². The number of hydrogen-bond donors (Lipinski definition) is 3. The van der Waals surface area contributed by atoms with E-state index in [1.807, 2.05) is 94.3 Å². The van der Waals surface area contributed by atoms with Crippen LogP contribution >= 0.6 is 0 Å². The number of aromatic nitrogens is 14. The van der Waals surface area contributed by atoms with Crippen LogP contribution in [0.5, 0.6) is 11.5 Å². The Morgan fingerprint density at radius 2 is 1.12 bits per heavy atom. The van der Waals surface area contributed by atoms with Crippen LogP contribution in [0.15, 0.2) is 147 Å². The number of carboxylic acids is 1. The summed E-state index contributed by atoms with van der Waals surface area (Å²) in [5, 5.41) is 36.1. The van der Waals surface area contributed by atoms with Gasteiger partial charge >= 0.3 is 5.97 Å². The van der Waals surface area contributed by atoms with Gasteiger partial charge in [-0.25, -0.2) is 41.9 Å². The molecule has 23 heteroatoms. The van der Waals surface area contributed by atoms with Crippen LogP contribution < -0.4 is 20.5 Å². The van der Waals surface area contributed by atoms with E-state index in [4.69, 9.17) is 20.3 Å². The molecule has 0 aliphatic heterocycles. The molecule has 0 radical (unpaired) electrons. The first kappa shape index (κ1) is 51.6. The Bertz CT molecular complexity index is 4230. The van der Waals surface area contributed by atoms with Gasteiger partial charge < -0.3 is 34.4 Å². The van der Waals surface area contributed by atoms with Gasteiger partial charge in [0.05, 0.1) is 73.5 Å². The molecule has 14 rings (SSSR count). The number of fused-ring (bicyclic) bond motifs is 4. The normalized spacial score (nSPS) is 13.0. The molecule has 21 nitrogen and oxygen atoms in total. The largest absolute Gasteiger partial charge is 0.494 e. The molecule has 0 unspecified atom stereocenters. The second kappa shape index (κ2) is 21.9. The molecule has 1 amide bonds. The minimum Gasteiger partial charge on any atom is -0.494 e. The maximum atomic E-state index is 15.4. The van der Waals surface area contributed by atoms with Crippen molar-refractivity contribution in [2.45, 2.75) is 63.7 Å². The maximum absolute atomic E-state index is 15.4. The number of amides is 1. The number of halogens is 2. The molecular formula is C58H52F2N16O5. The summed E-state index contributed by atoms with van der Waals surface area (Å²) in [5.41, 5.74) is 16.8. The molecule has 4 N–H and O–H groups in total. The van der Waals surface area contributed by atoms with E-state index in [0.717, 1.165) is 33.7 Å². The molecule has 0 bridgehead atoms. The minimum absolute atomic E-state index is 0.0604. The lowest BCUT2D eigenvalue weighted by Crippen LogP contribution is -2.24. The number of imidazole rings is 2. The molecule has 0 spiro atoms. The summed E-state index contributed by atoms with van der Waals surface area (Å²) in [6.45, 7) is 0.768. The van der Waals surface area contributed by atoms with E-state index < -0.39 is 23.5 Å². The van der Waals surface area contributed by atoms with Crippen LogP contribution in [0.2, 0.25) is 0 Å². The molecule has 12 aromatic rings. The average Bonchev–Trinajstić information content (AvgIpc) is 4.17. The Kier molecular flexibility index (Phi) is 14.0. The Morgan fingerprint density at radius 3 is 1.59 bits per heavy atom. The van der Waals surface area contributed by atoms with Crippen LogP contribution in [0.3, 0.4) is 0 Å². The fraction of sp³-hybridized carbons (Fsp3) is 0.207. The number of hydrogen-bond acceptors (Lipinski definition) is 13. The van der Waals surface area contributed by atoms with Gasteiger partial charge in [0.15, 0.2) is 34.5 Å². The van der Waals surface area contributed by atoms with Gasteiger partial charge in [-0.15, -0.1) is 10.2 Å². The summed E-state index contributed by atoms with van der Waals surface area (Å²) in [6.07, 6.45) is 19.8. The van der Waals surface area contributed by atoms with Crippen molar-refractivity contribution in [2.24, 2.45) is 5.73 Å². The first-order chi connectivity index (χ1) is 39.5. The number of rotatable bonds is 15. The first-order valence-corrected chi connectivity index (χ1v) is 26.1. The molecular weight excluding hydrogens is 1040 g/mol. The van der Waals surface area contributed by atoms with Crippen molar-refractivity contribution in [3.05, 3.63) is 203 Å². The molecule has 81 heavy (non-hydrogen) atoms. The van der Waals surface area contributed by atoms with Gasteiger partial charge in [-0.1, -0.05) is 34.7 Å². The number of methoxy groups -OCH3 is 2. The molecule has 2 aliphatic rings. The van der Waals surface area contributed by atoms with Crippen molar-refractivity contribution < 1.29 is 33.0 Å². The van der Waals surface area contributed by atoms with Crippen molar-refractivity contribution in [1.29, 1.82) is 0 Å². The van der Waals surface area contributed by atoms with Gasteiger partial charge in [-0.2, -0.15) is 10.2 Å². The standard InChI is InChI=1S/C29H25FN8O2.C15H14FN3O.C14H13N5O2/c1-40-26-9-8-22(24-12-21-4-2-3-11-38(21)34-24)23(28(26)30)13-31-29(39)25-17-37(35-33-25)16-20-15-36-14-19(18-5-6-18)7-10-27(36)32-20;1-20-14-6-5-11(12(9-17)15(14)16)13-8-10-4-2-3-7-19(10)18-13;20-14(21)12-8-19(17-16-12)7-11-6-18-5-10(9-1-2-9)3-4-13(18)15-11/h2-4,7-12,14-15,17-18H,5-6,13,16H2,1H3,(H,31,39);2-8H,9,17H2,1H3;3-6,8-9H,1-2,7H2,(H,20,21). The third-order valence-corrected chi connectivity index (χ3v) is 14.1. The van der Waals surface area contributed by atoms with Gasteiger partial charge in [0.1, 0.15) is 11.3 Å². The van der Waals surface area contributed by atoms with E-state index in [9.17, 15) is 14.0 Å². The number of carboxylic acid groups (broad SMARTS) is 1. The summed E-state index contributed by atoms with van der Waals surface area (Å²) in [4.78, 5) is 32.9. The minimum atomic E-state index is -1.08. The number of nitrogens with two attached hydrogens (primary N) is 1. The van der Waals surface area contributed by atoms with Gasteiger partial charge in [-0.05, 0) is 121 Å². The van der Waals surface area contributed by atoms with Crippen LogP contribution in [0.1, 0.15) is 92.1 Å². The summed E-state index contributed by atoms with van der Waals surface area (Å²) in [6, 6.07) is 30.2. The Hall–Kier alpha value is -10.2. The molecule has 2 aliphatic carbocycles. The Morgan fingerprint density at radius 1 is 0.630 bits per heavy atom. The zero-order chi connectivity index (χ0) is 55.7. The van der Waals surface area contributed by atoms with E-state index in [-0.39, 0.29) is 41.5 Å². The van der Waals surface area contributed by atoms with E-state index in [0.29, 0.717) is 53.0 Å². The van der Waals surface area contributed by atoms with E-state index >= 15 is 4.39 Å². The topological polar surface area (TPSA) is 241 Å². The molecule has 2 fully saturated rings. The number of ether oxygens (including phenoxy) is 2. The van der Waals surface area contributed by atoms with Crippen LogP contribution in [-0.2, 0) is 26.2 Å². The van der Waals surface area contributed by atoms with Gasteiger partial charge in [0.2, 0.25) is 0 Å². The predicted octanol–water partition coefficient (Wildman–Crippen LogP) is 8.40. The molecule has 2 aromatic carbocycles. The summed E-state index contributed by atoms with van der Waals surface area (Å²) < 4.78 is 50.3. The van der Waals surface area contributed by atoms with Gasteiger partial charge in [0.25, 0.3) is 5.91 Å². The summed E-state index contributed by atoms with van der Waals surface area (Å²) in [5.74, 6) is -0.898. The highest BCUT2D eigenvalue weighted by Gasteiger charge is 2.26. The zero-order valence-corrected chi connectivity index (χ0v) is 43.8. The quantitative estimate of drug-likeness (QED) is 0.0874. The lowest BCUT2D eigenvalue weighted by molar-refractivity contribution is 0.0690. The number of carbonyl (C=O) groups is 2. The molecule has 0 atom stereocenters. The number of aromatic carboxylic acids is 1. The Labute approximate surface area is 459 Å². The molecule has 0 saturated heterocycles. The van der Waals surface area contributed by atoms with E-state index in [1.54, 1.807) is 44.2 Å². The number of carbonyl (C=O) groups excluding carboxylic acids is 1. The molecule has 2 saturated carbocycles. The van der Waals surface area contributed by atoms with Crippen LogP contribution in [0.25, 0.3) is 44.8 Å². The highest BCUT2D eigenvalue weighted by molar-refractivity contribution is 5.92. The van der Waals surface area contributed by atoms with Crippen molar-refractivity contribution in [3.63, 3.8) is 0 Å². The number of benzene rings is 2. The van der Waals surface area contributed by atoms with E-state index in [2.05, 4.69) is 70.6 Å². The lowest BCUT2D eigenvalue weighted by Gasteiger charge is -2.12. The van der Waals surface area contributed by atoms with Crippen LogP contribution in [0, 0.1) is 11.6 Å². The fourth-order valence-electron chi connectivity index (χ4n) is 9.64. The maximum Gasteiger partial charge on any atom is 0.358 e. The average molecular weight is 1090 g/mol. The number of nitrogens with zero attached hydrogens (tertiary/aromatic N) is 14. The Balaban J connectivity index is 0.000000133. The highest BCUT2D eigenvalue weighted by atomic mass is 19.1. The highest BCUT2D eigenvalue weighted by Crippen LogP contribution is 2.41. The summed E-state index contributed by atoms with van der Waals surface area (Å²) in [7, 11) is 2.84. The second-order valence-electron chi connectivity index (χ2n) is 19.7. The van der Waals surface area contributed by atoms with Gasteiger partial charge in [-0.3, -0.25) is 4.79 Å². The van der Waals surface area contributed by atoms with Crippen molar-refractivity contribution in [1.82, 2.24) is 73.3 Å². The van der Waals surface area contributed by atoms with Gasteiger partial charge in [0, 0.05) is 72.5 Å². The number of nitrogens with one attached hydrogen (secondary N) is 1. The van der Waals surface area contributed by atoms with Crippen LogP contribution in [-0.4, -0.2) is 99.2 Å². The predicted molar refractivity (Wildman–Crippen MR) is 293 cm³/mol. The molecule has 10 aromatic heterocycles. The summed E-state index contributed by atoms with van der Waals surface area (Å²) >= 11 is 0. The van der Waals surface area contributed by atoms with E-state index in [1.165, 1.54) is 61.9 Å². The SMILES string of the molecule is COc1ccc(-c2cc3ccccn3n2)c(CN)c1F.COc1ccc(-c2cc3ccccn3n2)c(CNC(=O)c2cn(Cc3cn4cc(C5CC5)ccc4n3)nn2)c1F.O=C(O)c1cn(Cc2cn3cc(C4CC4)ccc3n2)nn1. The lowest BCUT2D eigenvalue weighted by atomic mass is 10.0. The molecule has 10 heterocycles. The smallest absolute Gasteiger partial charge is 0.358 e. The van der Waals surface area contributed by atoms with Crippen molar-refractivity contribution in [2.75, 3.05) is 14.2 Å². The van der Waals surface area contributed by atoms with Crippen LogP contribution in [0.4, 0.5) is 8.78 Å². The second-order valence-corrected chi connectivity index (χ2v) is 19.7. The third kappa shape index (κ3) is 11.0. The number of pyridine rings is 4. The fourth-order valence-corrected chi connectivity index (χ4v) is 9.64. The zero-order valence-electron chi connectivity index (χ0n) is 43.8. The monoisotopic (exact) mass is 1090 g/mol. The first-order valence-electron chi connectivity index (χ1n) is 26.1. The molecule has 408 valence electrons. The third-order valence-electron chi connectivity index (χ3n) is 14.1.